The van der Waals surface area contributed by atoms with E-state index in [-0.39, 0.29) is 29.5 Å². The number of amides is 1. The van der Waals surface area contributed by atoms with Crippen LogP contribution in [-0.4, -0.2) is 29.5 Å². The zero-order chi connectivity index (χ0) is 24.1. The highest BCUT2D eigenvalue weighted by Crippen LogP contribution is 2.44. The van der Waals surface area contributed by atoms with E-state index in [1.54, 1.807) is 12.1 Å². The monoisotopic (exact) mass is 451 g/mol. The van der Waals surface area contributed by atoms with E-state index >= 15 is 0 Å². The van der Waals surface area contributed by atoms with Gasteiger partial charge in [-0.2, -0.15) is 15.6 Å². The minimum atomic E-state index is -1.19. The van der Waals surface area contributed by atoms with Crippen LogP contribution in [0.1, 0.15) is 27.4 Å². The topological polar surface area (TPSA) is 148 Å². The molecule has 0 atom stereocenters. The van der Waals surface area contributed by atoms with Crippen LogP contribution in [-0.2, 0) is 4.74 Å². The van der Waals surface area contributed by atoms with Gasteiger partial charge in [0.1, 0.15) is 18.7 Å². The molecule has 1 amide bonds. The fraction of sp³-hybridized carbons (Fsp3) is 0.0800. The summed E-state index contributed by atoms with van der Waals surface area (Å²) in [4.78, 5) is 24.0. The molecule has 3 N–H and O–H groups in total. The molecule has 166 valence electrons. The van der Waals surface area contributed by atoms with Crippen molar-refractivity contribution in [3.63, 3.8) is 0 Å². The smallest absolute Gasteiger partial charge is 0.411 e. The van der Waals surface area contributed by atoms with Crippen molar-refractivity contribution in [2.75, 3.05) is 17.3 Å². The number of carboxylic acids is 1. The Morgan fingerprint density at radius 2 is 1.56 bits per heavy atom. The number of anilines is 2. The van der Waals surface area contributed by atoms with E-state index in [2.05, 4.69) is 15.8 Å². The van der Waals surface area contributed by atoms with Crippen molar-refractivity contribution in [3.05, 3.63) is 83.4 Å². The Hall–Kier alpha value is -5.15. The van der Waals surface area contributed by atoms with E-state index < -0.39 is 17.8 Å². The summed E-state index contributed by atoms with van der Waals surface area (Å²) in [6.07, 6.45) is -0.794. The maximum Gasteiger partial charge on any atom is 0.411 e. The number of ether oxygens (including phenoxy) is 1. The predicted molar refractivity (Wildman–Crippen MR) is 124 cm³/mol. The molecule has 0 radical (unpaired) electrons. The largest absolute Gasteiger partial charge is 0.478 e. The average molecular weight is 451 g/mol. The highest BCUT2D eigenvalue weighted by Gasteiger charge is 2.29. The first kappa shape index (κ1) is 22.1. The van der Waals surface area contributed by atoms with Gasteiger partial charge in [0.15, 0.2) is 0 Å². The summed E-state index contributed by atoms with van der Waals surface area (Å²) in [5, 5.41) is 33.1. The van der Waals surface area contributed by atoms with Crippen LogP contribution < -0.4 is 10.7 Å². The molecule has 1 aliphatic carbocycles. The second kappa shape index (κ2) is 9.55. The van der Waals surface area contributed by atoms with Crippen molar-refractivity contribution >= 4 is 29.1 Å². The van der Waals surface area contributed by atoms with Crippen LogP contribution in [0.4, 0.5) is 16.2 Å². The number of carboxylic acid groups (broad SMARTS) is 1. The van der Waals surface area contributed by atoms with Gasteiger partial charge in [0.25, 0.3) is 0 Å². The van der Waals surface area contributed by atoms with Crippen molar-refractivity contribution in [2.45, 2.75) is 5.92 Å². The molecule has 3 aromatic carbocycles. The van der Waals surface area contributed by atoms with Crippen molar-refractivity contribution < 1.29 is 19.4 Å². The van der Waals surface area contributed by atoms with Gasteiger partial charge in [-0.05, 0) is 40.5 Å². The normalized spacial score (nSPS) is 11.2. The summed E-state index contributed by atoms with van der Waals surface area (Å²) in [7, 11) is 0. The molecule has 0 aromatic heterocycles. The first-order valence-electron chi connectivity index (χ1n) is 10.1. The van der Waals surface area contributed by atoms with Crippen LogP contribution in [0.3, 0.4) is 0 Å². The van der Waals surface area contributed by atoms with Gasteiger partial charge >= 0.3 is 12.1 Å². The Morgan fingerprint density at radius 1 is 0.941 bits per heavy atom. The fourth-order valence-corrected chi connectivity index (χ4v) is 3.81. The van der Waals surface area contributed by atoms with Gasteiger partial charge < -0.3 is 9.84 Å². The maximum absolute atomic E-state index is 12.6. The van der Waals surface area contributed by atoms with Crippen molar-refractivity contribution in [2.24, 2.45) is 5.10 Å². The number of hydrogen-bond acceptors (Lipinski definition) is 7. The number of rotatable bonds is 6. The molecule has 0 bridgehead atoms. The van der Waals surface area contributed by atoms with E-state index in [4.69, 9.17) is 15.3 Å². The van der Waals surface area contributed by atoms with Crippen LogP contribution in [0.2, 0.25) is 0 Å². The Morgan fingerprint density at radius 3 is 2.15 bits per heavy atom. The quantitative estimate of drug-likeness (QED) is 0.367. The molecular formula is C25H17N5O4. The van der Waals surface area contributed by atoms with Crippen LogP contribution >= 0.6 is 0 Å². The third kappa shape index (κ3) is 4.40. The number of carbonyl (C=O) groups is 2. The van der Waals surface area contributed by atoms with Gasteiger partial charge in [-0.15, -0.1) is 0 Å². The molecule has 0 aliphatic heterocycles. The molecule has 9 nitrogen and oxygen atoms in total. The molecule has 34 heavy (non-hydrogen) atoms. The van der Waals surface area contributed by atoms with Crippen LogP contribution in [0.5, 0.6) is 0 Å². The third-order valence-electron chi connectivity index (χ3n) is 5.35. The standard InChI is InChI=1S/C25H17N5O4/c26-12-16(13-27)29-30-22-10-9-15(24(31)32)11-23(22)28-25(33)34-14-21-19-7-3-1-5-17(19)18-6-2-4-8-20(18)21/h1-11,21,30H,14H2,(H,28,33)(H,31,32). The van der Waals surface area contributed by atoms with E-state index in [0.29, 0.717) is 0 Å². The molecule has 0 heterocycles. The minimum Gasteiger partial charge on any atom is -0.478 e. The lowest BCUT2D eigenvalue weighted by molar-refractivity contribution is 0.0696. The third-order valence-corrected chi connectivity index (χ3v) is 5.35. The maximum atomic E-state index is 12.6. The molecule has 0 spiro atoms. The molecule has 3 aromatic rings. The SMILES string of the molecule is N#CC(C#N)=NNc1ccc(C(=O)O)cc1NC(=O)OCC1c2ccccc2-c2ccccc21. The van der Waals surface area contributed by atoms with Crippen LogP contribution in [0.25, 0.3) is 11.1 Å². The van der Waals surface area contributed by atoms with Gasteiger partial charge in [0.2, 0.25) is 5.71 Å². The second-order valence-electron chi connectivity index (χ2n) is 7.31. The van der Waals surface area contributed by atoms with Crippen molar-refractivity contribution in [1.82, 2.24) is 0 Å². The summed E-state index contributed by atoms with van der Waals surface area (Å²) in [5.41, 5.74) is 6.52. The van der Waals surface area contributed by atoms with E-state index in [1.807, 2.05) is 48.5 Å². The number of hydrazone groups is 1. The summed E-state index contributed by atoms with van der Waals surface area (Å²) < 4.78 is 5.50. The summed E-state index contributed by atoms with van der Waals surface area (Å²) in [5.74, 6) is -1.33. The molecule has 0 unspecified atom stereocenters. The minimum absolute atomic E-state index is 0.0658. The molecule has 4 rings (SSSR count). The lowest BCUT2D eigenvalue weighted by Gasteiger charge is -2.16. The average Bonchev–Trinajstić information content (AvgIpc) is 3.17. The number of nitrogens with one attached hydrogen (secondary N) is 2. The van der Waals surface area contributed by atoms with Gasteiger partial charge in [-0.25, -0.2) is 9.59 Å². The molecular weight excluding hydrogens is 434 g/mol. The van der Waals surface area contributed by atoms with Gasteiger partial charge in [0.05, 0.1) is 16.9 Å². The number of carbonyl (C=O) groups excluding carboxylic acids is 1. The van der Waals surface area contributed by atoms with E-state index in [1.165, 1.54) is 18.2 Å². The number of aromatic carboxylic acids is 1. The molecule has 1 aliphatic rings. The summed E-state index contributed by atoms with van der Waals surface area (Å²) in [6.45, 7) is 0.0758. The molecule has 9 heteroatoms. The van der Waals surface area contributed by atoms with Crippen LogP contribution in [0.15, 0.2) is 71.8 Å². The summed E-state index contributed by atoms with van der Waals surface area (Å²) >= 11 is 0. The number of benzene rings is 3. The second-order valence-corrected chi connectivity index (χ2v) is 7.31. The lowest BCUT2D eigenvalue weighted by atomic mass is 9.98. The van der Waals surface area contributed by atoms with E-state index in [0.717, 1.165) is 22.3 Å². The highest BCUT2D eigenvalue weighted by molar-refractivity contribution is 6.10. The predicted octanol–water partition coefficient (Wildman–Crippen LogP) is 4.56. The van der Waals surface area contributed by atoms with Crippen molar-refractivity contribution in [1.29, 1.82) is 10.5 Å². The van der Waals surface area contributed by atoms with Crippen LogP contribution in [0, 0.1) is 22.7 Å². The lowest BCUT2D eigenvalue weighted by Crippen LogP contribution is -2.19. The first-order valence-corrected chi connectivity index (χ1v) is 10.1. The zero-order valence-corrected chi connectivity index (χ0v) is 17.6. The Bertz CT molecular complexity index is 1340. The van der Waals surface area contributed by atoms with Gasteiger partial charge in [-0.3, -0.25) is 10.7 Å². The Labute approximate surface area is 194 Å². The Kier molecular flexibility index (Phi) is 6.20. The van der Waals surface area contributed by atoms with E-state index in [9.17, 15) is 14.7 Å². The van der Waals surface area contributed by atoms with Gasteiger partial charge in [0, 0.05) is 5.92 Å². The first-order chi connectivity index (χ1) is 16.5. The number of nitriles is 2. The molecule has 0 saturated carbocycles. The number of hydrogen-bond donors (Lipinski definition) is 3. The van der Waals surface area contributed by atoms with Gasteiger partial charge in [-0.1, -0.05) is 48.5 Å². The number of nitrogens with zero attached hydrogens (tertiary/aromatic N) is 3. The zero-order valence-electron chi connectivity index (χ0n) is 17.6. The molecule has 0 fully saturated rings. The van der Waals surface area contributed by atoms with Crippen molar-refractivity contribution in [3.8, 4) is 23.3 Å². The molecule has 0 saturated heterocycles. The fourth-order valence-electron chi connectivity index (χ4n) is 3.81. The summed E-state index contributed by atoms with van der Waals surface area (Å²) in [6, 6.07) is 22.9. The number of fused-ring (bicyclic) bond motifs is 3. The Balaban J connectivity index is 1.53. The highest BCUT2D eigenvalue weighted by atomic mass is 16.5.